The van der Waals surface area contributed by atoms with E-state index in [9.17, 15) is 0 Å². The van der Waals surface area contributed by atoms with Crippen molar-refractivity contribution >= 4 is 5.69 Å². The molecule has 0 fully saturated rings. The van der Waals surface area contributed by atoms with Crippen LogP contribution < -0.4 is 15.0 Å². The zero-order valence-corrected chi connectivity index (χ0v) is 11.4. The van der Waals surface area contributed by atoms with Gasteiger partial charge in [0.1, 0.15) is 5.75 Å². The number of hydrogen-bond acceptors (Lipinski definition) is 3. The van der Waals surface area contributed by atoms with E-state index in [1.54, 1.807) is 7.11 Å². The van der Waals surface area contributed by atoms with E-state index in [2.05, 4.69) is 43.2 Å². The number of nitrogens with one attached hydrogen (secondary N) is 1. The van der Waals surface area contributed by atoms with Crippen LogP contribution in [-0.4, -0.2) is 33.3 Å². The van der Waals surface area contributed by atoms with Gasteiger partial charge in [-0.15, -0.1) is 0 Å². The summed E-state index contributed by atoms with van der Waals surface area (Å²) in [5, 5.41) is 3.49. The van der Waals surface area contributed by atoms with Gasteiger partial charge in [0.25, 0.3) is 0 Å². The largest absolute Gasteiger partial charge is 0.497 e. The third-order valence-electron chi connectivity index (χ3n) is 2.99. The Labute approximate surface area is 105 Å². The van der Waals surface area contributed by atoms with Crippen LogP contribution in [0.3, 0.4) is 0 Å². The highest BCUT2D eigenvalue weighted by atomic mass is 16.5. The predicted octanol–water partition coefficient (Wildman–Crippen LogP) is 2.52. The molecule has 1 N–H and O–H groups in total. The normalized spacial score (nSPS) is 12.2. The smallest absolute Gasteiger partial charge is 0.119 e. The second kappa shape index (κ2) is 7.17. The molecule has 3 heteroatoms. The molecule has 0 saturated heterocycles. The Hall–Kier alpha value is -1.22. The minimum Gasteiger partial charge on any atom is -0.497 e. The molecule has 0 aliphatic carbocycles. The lowest BCUT2D eigenvalue weighted by Crippen LogP contribution is -2.39. The Morgan fingerprint density at radius 3 is 2.35 bits per heavy atom. The molecule has 0 aliphatic heterocycles. The van der Waals surface area contributed by atoms with Gasteiger partial charge in [-0.3, -0.25) is 0 Å². The highest BCUT2D eigenvalue weighted by molar-refractivity contribution is 5.48. The molecule has 0 spiro atoms. The lowest BCUT2D eigenvalue weighted by Gasteiger charge is -2.25. The Morgan fingerprint density at radius 1 is 1.24 bits per heavy atom. The van der Waals surface area contributed by atoms with Gasteiger partial charge in [-0.2, -0.15) is 0 Å². The summed E-state index contributed by atoms with van der Waals surface area (Å²) in [7, 11) is 3.82. The van der Waals surface area contributed by atoms with E-state index in [0.29, 0.717) is 6.04 Å². The maximum Gasteiger partial charge on any atom is 0.119 e. The van der Waals surface area contributed by atoms with Crippen LogP contribution in [0.1, 0.15) is 20.3 Å². The molecule has 0 aromatic heterocycles. The van der Waals surface area contributed by atoms with E-state index in [4.69, 9.17) is 4.74 Å². The molecule has 0 radical (unpaired) electrons. The van der Waals surface area contributed by atoms with Crippen LogP contribution in [-0.2, 0) is 0 Å². The summed E-state index contributed by atoms with van der Waals surface area (Å²) < 4.78 is 5.16. The zero-order valence-electron chi connectivity index (χ0n) is 11.4. The molecule has 96 valence electrons. The number of hydrogen-bond donors (Lipinski definition) is 1. The molecule has 1 aromatic rings. The van der Waals surface area contributed by atoms with Crippen LogP contribution in [0.2, 0.25) is 0 Å². The molecule has 1 rings (SSSR count). The number of methoxy groups -OCH3 is 1. The first-order valence-electron chi connectivity index (χ1n) is 6.29. The molecule has 0 heterocycles. The van der Waals surface area contributed by atoms with E-state index in [1.807, 2.05) is 12.1 Å². The Kier molecular flexibility index (Phi) is 5.84. The van der Waals surface area contributed by atoms with Gasteiger partial charge < -0.3 is 15.0 Å². The molecule has 0 bridgehead atoms. The Morgan fingerprint density at radius 2 is 1.88 bits per heavy atom. The molecule has 1 aromatic carbocycles. The van der Waals surface area contributed by atoms with Crippen molar-refractivity contribution < 1.29 is 4.74 Å². The van der Waals surface area contributed by atoms with Crippen molar-refractivity contribution in [3.05, 3.63) is 24.3 Å². The first-order valence-corrected chi connectivity index (χ1v) is 6.29. The first kappa shape index (κ1) is 13.8. The van der Waals surface area contributed by atoms with E-state index in [1.165, 1.54) is 5.69 Å². The Bertz CT molecular complexity index is 311. The predicted molar refractivity (Wildman–Crippen MR) is 74.0 cm³/mol. The number of likely N-dealkylation sites (N-methyl/N-ethyl adjacent to an activating group) is 2. The zero-order chi connectivity index (χ0) is 12.7. The molecule has 3 nitrogen and oxygen atoms in total. The van der Waals surface area contributed by atoms with Gasteiger partial charge in [0, 0.05) is 25.3 Å². The van der Waals surface area contributed by atoms with Gasteiger partial charge in [0.2, 0.25) is 0 Å². The highest BCUT2D eigenvalue weighted by Gasteiger charge is 2.08. The Balaban J connectivity index is 2.58. The summed E-state index contributed by atoms with van der Waals surface area (Å²) in [6.45, 7) is 6.41. The molecule has 0 saturated carbocycles. The summed E-state index contributed by atoms with van der Waals surface area (Å²) >= 11 is 0. The molecule has 17 heavy (non-hydrogen) atoms. The monoisotopic (exact) mass is 236 g/mol. The third-order valence-corrected chi connectivity index (χ3v) is 2.99. The van der Waals surface area contributed by atoms with E-state index in [-0.39, 0.29) is 0 Å². The summed E-state index contributed by atoms with van der Waals surface area (Å²) in [4.78, 5) is 2.27. The molecule has 0 amide bonds. The number of ether oxygens (including phenoxy) is 1. The van der Waals surface area contributed by atoms with Crippen molar-refractivity contribution in [2.45, 2.75) is 26.3 Å². The van der Waals surface area contributed by atoms with Crippen LogP contribution in [0.25, 0.3) is 0 Å². The molecule has 1 atom stereocenters. The molecular formula is C14H24N2O. The van der Waals surface area contributed by atoms with Gasteiger partial charge in [0.15, 0.2) is 0 Å². The van der Waals surface area contributed by atoms with Gasteiger partial charge in [0.05, 0.1) is 7.11 Å². The second-order valence-electron chi connectivity index (χ2n) is 4.24. The van der Waals surface area contributed by atoms with Crippen LogP contribution >= 0.6 is 0 Å². The quantitative estimate of drug-likeness (QED) is 0.787. The van der Waals surface area contributed by atoms with Crippen molar-refractivity contribution in [3.8, 4) is 5.75 Å². The lowest BCUT2D eigenvalue weighted by molar-refractivity contribution is 0.415. The average Bonchev–Trinajstić information content (AvgIpc) is 2.38. The SMILES string of the molecule is CCNC(CC)CN(C)c1ccc(OC)cc1. The van der Waals surface area contributed by atoms with Crippen molar-refractivity contribution in [1.82, 2.24) is 5.32 Å². The average molecular weight is 236 g/mol. The maximum absolute atomic E-state index is 5.16. The summed E-state index contributed by atoms with van der Waals surface area (Å²) in [6, 6.07) is 8.74. The molecule has 0 aliphatic rings. The van der Waals surface area contributed by atoms with Crippen molar-refractivity contribution in [2.24, 2.45) is 0 Å². The third kappa shape index (κ3) is 4.27. The van der Waals surface area contributed by atoms with Gasteiger partial charge in [-0.1, -0.05) is 13.8 Å². The van der Waals surface area contributed by atoms with Crippen LogP contribution in [0, 0.1) is 0 Å². The standard InChI is InChI=1S/C14H24N2O/c1-5-12(15-6-2)11-16(3)13-7-9-14(17-4)10-8-13/h7-10,12,15H,5-6,11H2,1-4H3. The second-order valence-corrected chi connectivity index (χ2v) is 4.24. The van der Waals surface area contributed by atoms with Crippen LogP contribution in [0.4, 0.5) is 5.69 Å². The summed E-state index contributed by atoms with van der Waals surface area (Å²) in [5.74, 6) is 0.904. The first-order chi connectivity index (χ1) is 8.21. The van der Waals surface area contributed by atoms with E-state index >= 15 is 0 Å². The summed E-state index contributed by atoms with van der Waals surface area (Å²) in [5.41, 5.74) is 1.22. The fourth-order valence-corrected chi connectivity index (χ4v) is 1.90. The van der Waals surface area contributed by atoms with Gasteiger partial charge in [-0.25, -0.2) is 0 Å². The van der Waals surface area contributed by atoms with Crippen LogP contribution in [0.15, 0.2) is 24.3 Å². The van der Waals surface area contributed by atoms with Crippen molar-refractivity contribution in [1.29, 1.82) is 0 Å². The maximum atomic E-state index is 5.16. The number of benzene rings is 1. The van der Waals surface area contributed by atoms with E-state index < -0.39 is 0 Å². The minimum absolute atomic E-state index is 0.548. The number of nitrogens with zero attached hydrogens (tertiary/aromatic N) is 1. The number of rotatable bonds is 7. The molecule has 1 unspecified atom stereocenters. The van der Waals surface area contributed by atoms with E-state index in [0.717, 1.165) is 25.3 Å². The fraction of sp³-hybridized carbons (Fsp3) is 0.571. The topological polar surface area (TPSA) is 24.5 Å². The fourth-order valence-electron chi connectivity index (χ4n) is 1.90. The lowest BCUT2D eigenvalue weighted by atomic mass is 10.2. The van der Waals surface area contributed by atoms with Crippen LogP contribution in [0.5, 0.6) is 5.75 Å². The minimum atomic E-state index is 0.548. The highest BCUT2D eigenvalue weighted by Crippen LogP contribution is 2.18. The van der Waals surface area contributed by atoms with Gasteiger partial charge >= 0.3 is 0 Å². The number of anilines is 1. The summed E-state index contributed by atoms with van der Waals surface area (Å²) in [6.07, 6.45) is 1.15. The molecular weight excluding hydrogens is 212 g/mol. The van der Waals surface area contributed by atoms with Crippen molar-refractivity contribution in [3.63, 3.8) is 0 Å². The van der Waals surface area contributed by atoms with Crippen molar-refractivity contribution in [2.75, 3.05) is 32.1 Å². The van der Waals surface area contributed by atoms with Gasteiger partial charge in [-0.05, 0) is 37.2 Å².